The van der Waals surface area contributed by atoms with Crippen molar-refractivity contribution < 1.29 is 0 Å². The lowest BCUT2D eigenvalue weighted by Gasteiger charge is -1.91. The number of rotatable bonds is 2. The molecule has 0 saturated heterocycles. The van der Waals surface area contributed by atoms with Gasteiger partial charge < -0.3 is 0 Å². The van der Waals surface area contributed by atoms with Gasteiger partial charge in [-0.05, 0) is 0 Å². The summed E-state index contributed by atoms with van der Waals surface area (Å²) >= 11 is 0. The van der Waals surface area contributed by atoms with Crippen molar-refractivity contribution in [2.75, 3.05) is 0 Å². The zero-order valence-corrected chi connectivity index (χ0v) is 4.89. The van der Waals surface area contributed by atoms with E-state index in [0.29, 0.717) is 5.82 Å². The highest BCUT2D eigenvalue weighted by Crippen LogP contribution is 1.95. The van der Waals surface area contributed by atoms with Gasteiger partial charge in [-0.3, -0.25) is 0 Å². The smallest absolute Gasteiger partial charge is 0.142 e. The number of hydrogen-bond acceptors (Lipinski definition) is 0. The Bertz CT molecular complexity index is 57.1. The summed E-state index contributed by atoms with van der Waals surface area (Å²) in [6.45, 7) is 4.22. The highest BCUT2D eigenvalue weighted by atomic mass is 13.7. The Balaban J connectivity index is 2.97. The second-order valence-corrected chi connectivity index (χ2v) is 1.82. The third kappa shape index (κ3) is 5.87. The van der Waals surface area contributed by atoms with E-state index in [4.69, 9.17) is 7.85 Å². The van der Waals surface area contributed by atoms with Crippen molar-refractivity contribution in [2.45, 2.75) is 19.7 Å². The molecule has 0 rings (SSSR count). The Kier molecular flexibility index (Phi) is 3.97. The molecule has 0 unspecified atom stereocenters. The van der Waals surface area contributed by atoms with Crippen LogP contribution in [0.25, 0.3) is 0 Å². The van der Waals surface area contributed by atoms with Gasteiger partial charge in [-0.15, -0.1) is 12.0 Å². The average Bonchev–Trinajstić information content (AvgIpc) is 1.61. The Morgan fingerprint density at radius 2 is 2.14 bits per heavy atom. The Morgan fingerprint density at radius 3 is 2.29 bits per heavy atom. The minimum absolute atomic E-state index is 0.611. The maximum atomic E-state index is 5.06. The molecule has 7 heavy (non-hydrogen) atoms. The number of hydrogen-bond donors (Lipinski definition) is 0. The molecule has 0 aliphatic rings. The van der Waals surface area contributed by atoms with Gasteiger partial charge in [-0.2, -0.15) is 0 Å². The zero-order chi connectivity index (χ0) is 5.70. The quantitative estimate of drug-likeness (QED) is 0.447. The molecule has 2 heteroatoms. The summed E-state index contributed by atoms with van der Waals surface area (Å²) in [6, 6.07) is 0. The van der Waals surface area contributed by atoms with E-state index in [-0.39, 0.29) is 0 Å². The normalized spacial score (nSPS) is 10.7. The third-order valence-corrected chi connectivity index (χ3v) is 0.607. The van der Waals surface area contributed by atoms with E-state index in [1.807, 2.05) is 13.3 Å². The van der Waals surface area contributed by atoms with Gasteiger partial charge in [-0.1, -0.05) is 19.7 Å². The lowest BCUT2D eigenvalue weighted by atomic mass is 9.66. The van der Waals surface area contributed by atoms with E-state index >= 15 is 0 Å². The fourth-order valence-electron chi connectivity index (χ4n) is 0.286. The van der Waals surface area contributed by atoms with Gasteiger partial charge in [0.2, 0.25) is 0 Å². The van der Waals surface area contributed by atoms with E-state index in [2.05, 4.69) is 13.8 Å². The minimum Gasteiger partial charge on any atom is -0.145 e. The first-order valence-electron chi connectivity index (χ1n) is 2.49. The van der Waals surface area contributed by atoms with Gasteiger partial charge in [0.05, 0.1) is 0 Å². The van der Waals surface area contributed by atoms with Crippen molar-refractivity contribution in [1.29, 1.82) is 0 Å². The Hall–Kier alpha value is -0.130. The van der Waals surface area contributed by atoms with Crippen molar-refractivity contribution in [2.24, 2.45) is 0 Å². The van der Waals surface area contributed by atoms with E-state index in [1.54, 1.807) is 5.98 Å². The maximum absolute atomic E-state index is 5.06. The summed E-state index contributed by atoms with van der Waals surface area (Å²) in [4.78, 5) is 0. The SMILES string of the molecule is [B]/C=C/[B]C(C)C. The summed E-state index contributed by atoms with van der Waals surface area (Å²) in [7, 11) is 7.11. The van der Waals surface area contributed by atoms with Crippen LogP contribution in [-0.4, -0.2) is 15.1 Å². The molecule has 0 nitrogen and oxygen atoms in total. The molecule has 0 N–H and O–H groups in total. The molecule has 0 aromatic heterocycles. The molecule has 0 aliphatic heterocycles. The van der Waals surface area contributed by atoms with Gasteiger partial charge >= 0.3 is 0 Å². The van der Waals surface area contributed by atoms with Crippen LogP contribution in [0.1, 0.15) is 13.8 Å². The van der Waals surface area contributed by atoms with Crippen molar-refractivity contribution in [3.05, 3.63) is 12.0 Å². The van der Waals surface area contributed by atoms with Crippen LogP contribution < -0.4 is 0 Å². The van der Waals surface area contributed by atoms with Crippen molar-refractivity contribution in [1.82, 2.24) is 0 Å². The predicted molar refractivity (Wildman–Crippen MR) is 35.7 cm³/mol. The standard InChI is InChI=1S/C5H9B2/c1-5(2)7-4-3-6/h3-5H,1-2H3/b4-3+. The molecule has 0 saturated carbocycles. The summed E-state index contributed by atoms with van der Waals surface area (Å²) in [5.41, 5.74) is 0. The van der Waals surface area contributed by atoms with Crippen LogP contribution in [0, 0.1) is 0 Å². The van der Waals surface area contributed by atoms with Crippen molar-refractivity contribution in [3.63, 3.8) is 0 Å². The largest absolute Gasteiger partial charge is 0.145 e. The van der Waals surface area contributed by atoms with Crippen LogP contribution in [0.3, 0.4) is 0 Å². The van der Waals surface area contributed by atoms with Crippen molar-refractivity contribution in [3.8, 4) is 0 Å². The molecule has 0 amide bonds. The van der Waals surface area contributed by atoms with Crippen LogP contribution >= 0.6 is 0 Å². The molecule has 0 fully saturated rings. The van der Waals surface area contributed by atoms with E-state index < -0.39 is 0 Å². The predicted octanol–water partition coefficient (Wildman–Crippen LogP) is 1.16. The molecular weight excluding hydrogens is 81.7 g/mol. The third-order valence-electron chi connectivity index (χ3n) is 0.607. The first kappa shape index (κ1) is 6.87. The van der Waals surface area contributed by atoms with E-state index in [1.165, 1.54) is 0 Å². The highest BCUT2D eigenvalue weighted by Gasteiger charge is 1.87. The Labute approximate surface area is 47.6 Å². The van der Waals surface area contributed by atoms with Crippen LogP contribution in [0.2, 0.25) is 5.82 Å². The topological polar surface area (TPSA) is 0 Å². The van der Waals surface area contributed by atoms with Crippen LogP contribution in [0.4, 0.5) is 0 Å². The maximum Gasteiger partial charge on any atom is 0.142 e. The lowest BCUT2D eigenvalue weighted by molar-refractivity contribution is 1.07. The molecule has 3 radical (unpaired) electrons. The molecule has 0 atom stereocenters. The van der Waals surface area contributed by atoms with E-state index in [9.17, 15) is 0 Å². The summed E-state index contributed by atoms with van der Waals surface area (Å²) in [6.07, 6.45) is 0. The van der Waals surface area contributed by atoms with Gasteiger partial charge in [0.15, 0.2) is 0 Å². The molecule has 0 aliphatic carbocycles. The second-order valence-electron chi connectivity index (χ2n) is 1.82. The average molecular weight is 90.8 g/mol. The lowest BCUT2D eigenvalue weighted by Crippen LogP contribution is -1.88. The molecule has 0 heterocycles. The molecule has 35 valence electrons. The van der Waals surface area contributed by atoms with Gasteiger partial charge in [0, 0.05) is 0 Å². The monoisotopic (exact) mass is 91.1 g/mol. The highest BCUT2D eigenvalue weighted by molar-refractivity contribution is 6.45. The minimum atomic E-state index is 0.611. The van der Waals surface area contributed by atoms with Crippen LogP contribution in [0.5, 0.6) is 0 Å². The van der Waals surface area contributed by atoms with Crippen LogP contribution in [-0.2, 0) is 0 Å². The van der Waals surface area contributed by atoms with Crippen molar-refractivity contribution >= 4 is 15.1 Å². The molecule has 0 spiro atoms. The van der Waals surface area contributed by atoms with Gasteiger partial charge in [0.25, 0.3) is 0 Å². The molecular formula is C5H9B2. The first-order chi connectivity index (χ1) is 3.27. The van der Waals surface area contributed by atoms with Gasteiger partial charge in [-0.25, -0.2) is 0 Å². The van der Waals surface area contributed by atoms with Crippen LogP contribution in [0.15, 0.2) is 12.0 Å². The summed E-state index contributed by atoms with van der Waals surface area (Å²) in [5.74, 6) is 4.00. The molecule has 0 aromatic rings. The van der Waals surface area contributed by atoms with E-state index in [0.717, 1.165) is 0 Å². The fourth-order valence-corrected chi connectivity index (χ4v) is 0.286. The fraction of sp³-hybridized carbons (Fsp3) is 0.600. The summed E-state index contributed by atoms with van der Waals surface area (Å²) in [5, 5.41) is 0. The second kappa shape index (κ2) is 4.04. The first-order valence-corrected chi connectivity index (χ1v) is 2.49. The zero-order valence-electron chi connectivity index (χ0n) is 4.89. The molecule has 0 bridgehead atoms. The Morgan fingerprint density at radius 1 is 1.57 bits per heavy atom. The molecule has 0 aromatic carbocycles. The van der Waals surface area contributed by atoms with Gasteiger partial charge in [0.1, 0.15) is 15.1 Å². The summed E-state index contributed by atoms with van der Waals surface area (Å²) < 4.78 is 0.